The van der Waals surface area contributed by atoms with Crippen LogP contribution >= 0.6 is 0 Å². The molecule has 0 aliphatic rings. The highest BCUT2D eigenvalue weighted by molar-refractivity contribution is 5.59. The van der Waals surface area contributed by atoms with Crippen LogP contribution in [0.2, 0.25) is 0 Å². The summed E-state index contributed by atoms with van der Waals surface area (Å²) in [6.07, 6.45) is 0. The largest absolute Gasteiger partial charge is 0.490 e. The first-order valence-electron chi connectivity index (χ1n) is 5.62. The van der Waals surface area contributed by atoms with Gasteiger partial charge >= 0.3 is 6.61 Å². The van der Waals surface area contributed by atoms with Crippen molar-refractivity contribution in [1.29, 1.82) is 0 Å². The monoisotopic (exact) mass is 270 g/mol. The van der Waals surface area contributed by atoms with Gasteiger partial charge in [0, 0.05) is 12.5 Å². The Hall–Kier alpha value is -2.18. The van der Waals surface area contributed by atoms with E-state index in [-0.39, 0.29) is 11.5 Å². The second-order valence-corrected chi connectivity index (χ2v) is 3.60. The molecule has 0 unspecified atom stereocenters. The number of aromatic nitrogens is 2. The summed E-state index contributed by atoms with van der Waals surface area (Å²) in [7, 11) is 0. The fourth-order valence-electron chi connectivity index (χ4n) is 1.52. The van der Waals surface area contributed by atoms with E-state index in [4.69, 9.17) is 9.15 Å². The van der Waals surface area contributed by atoms with Crippen LogP contribution in [0.3, 0.4) is 0 Å². The van der Waals surface area contributed by atoms with Crippen molar-refractivity contribution in [3.63, 3.8) is 0 Å². The molecule has 0 fully saturated rings. The smallest absolute Gasteiger partial charge is 0.387 e. The molecular weight excluding hydrogens is 258 g/mol. The maximum atomic E-state index is 12.2. The number of halogens is 2. The van der Waals surface area contributed by atoms with Crippen molar-refractivity contribution >= 4 is 0 Å². The van der Waals surface area contributed by atoms with Crippen molar-refractivity contribution in [2.75, 3.05) is 6.61 Å². The maximum Gasteiger partial charge on any atom is 0.387 e. The minimum Gasteiger partial charge on any atom is -0.490 e. The van der Waals surface area contributed by atoms with Gasteiger partial charge in [0.1, 0.15) is 0 Å². The van der Waals surface area contributed by atoms with Crippen LogP contribution in [0, 0.1) is 6.92 Å². The standard InChI is InChI=1S/C12H12F2N2O3/c1-3-17-10-6-8(11-16-15-7(2)18-11)4-5-9(10)19-12(13)14/h4-6,12H,3H2,1-2H3. The molecule has 0 amide bonds. The van der Waals surface area contributed by atoms with Crippen LogP contribution in [-0.4, -0.2) is 23.4 Å². The highest BCUT2D eigenvalue weighted by Crippen LogP contribution is 2.33. The molecule has 0 aliphatic heterocycles. The Kier molecular flexibility index (Phi) is 3.94. The molecule has 1 heterocycles. The van der Waals surface area contributed by atoms with Gasteiger partial charge in [0.05, 0.1) is 6.61 Å². The van der Waals surface area contributed by atoms with Gasteiger partial charge in [-0.05, 0) is 25.1 Å². The summed E-state index contributed by atoms with van der Waals surface area (Å²) in [5, 5.41) is 7.55. The van der Waals surface area contributed by atoms with Crippen LogP contribution in [0.1, 0.15) is 12.8 Å². The summed E-state index contributed by atoms with van der Waals surface area (Å²) in [5.74, 6) is 0.885. The Morgan fingerprint density at radius 1 is 1.26 bits per heavy atom. The molecule has 0 N–H and O–H groups in total. The van der Waals surface area contributed by atoms with Crippen LogP contribution in [-0.2, 0) is 0 Å². The first-order valence-corrected chi connectivity index (χ1v) is 5.62. The predicted octanol–water partition coefficient (Wildman–Crippen LogP) is 3.05. The fraction of sp³-hybridized carbons (Fsp3) is 0.333. The molecule has 19 heavy (non-hydrogen) atoms. The molecule has 0 radical (unpaired) electrons. The van der Waals surface area contributed by atoms with Crippen LogP contribution < -0.4 is 9.47 Å². The van der Waals surface area contributed by atoms with Gasteiger partial charge in [0.25, 0.3) is 0 Å². The lowest BCUT2D eigenvalue weighted by atomic mass is 10.2. The lowest BCUT2D eigenvalue weighted by Crippen LogP contribution is -2.04. The van der Waals surface area contributed by atoms with E-state index >= 15 is 0 Å². The average Bonchev–Trinajstić information content (AvgIpc) is 2.78. The van der Waals surface area contributed by atoms with Gasteiger partial charge in [-0.15, -0.1) is 10.2 Å². The third-order valence-corrected chi connectivity index (χ3v) is 2.23. The maximum absolute atomic E-state index is 12.2. The normalized spacial score (nSPS) is 10.8. The number of alkyl halides is 2. The molecule has 7 heteroatoms. The zero-order valence-corrected chi connectivity index (χ0v) is 10.4. The number of hydrogen-bond donors (Lipinski definition) is 0. The quantitative estimate of drug-likeness (QED) is 0.835. The average molecular weight is 270 g/mol. The number of rotatable bonds is 5. The number of benzene rings is 1. The molecule has 102 valence electrons. The summed E-state index contributed by atoms with van der Waals surface area (Å²) in [4.78, 5) is 0. The predicted molar refractivity (Wildman–Crippen MR) is 62.3 cm³/mol. The first-order chi connectivity index (χ1) is 9.10. The molecule has 0 spiro atoms. The van der Waals surface area contributed by atoms with Crippen LogP contribution in [0.25, 0.3) is 11.5 Å². The van der Waals surface area contributed by atoms with E-state index in [1.807, 2.05) is 0 Å². The molecule has 1 aromatic heterocycles. The van der Waals surface area contributed by atoms with Gasteiger partial charge in [0.2, 0.25) is 11.8 Å². The number of aryl methyl sites for hydroxylation is 1. The van der Waals surface area contributed by atoms with Gasteiger partial charge in [0.15, 0.2) is 11.5 Å². The van der Waals surface area contributed by atoms with E-state index in [0.29, 0.717) is 24.0 Å². The lowest BCUT2D eigenvalue weighted by molar-refractivity contribution is -0.0514. The molecule has 0 bridgehead atoms. The van der Waals surface area contributed by atoms with Crippen LogP contribution in [0.5, 0.6) is 11.5 Å². The highest BCUT2D eigenvalue weighted by Gasteiger charge is 2.14. The third-order valence-electron chi connectivity index (χ3n) is 2.23. The molecular formula is C12H12F2N2O3. The number of nitrogens with zero attached hydrogens (tertiary/aromatic N) is 2. The van der Waals surface area contributed by atoms with Crippen LogP contribution in [0.15, 0.2) is 22.6 Å². The van der Waals surface area contributed by atoms with E-state index < -0.39 is 6.61 Å². The van der Waals surface area contributed by atoms with Gasteiger partial charge in [-0.3, -0.25) is 0 Å². The van der Waals surface area contributed by atoms with Gasteiger partial charge in [-0.25, -0.2) is 0 Å². The summed E-state index contributed by atoms with van der Waals surface area (Å²) in [6, 6.07) is 4.45. The third kappa shape index (κ3) is 3.18. The second-order valence-electron chi connectivity index (χ2n) is 3.60. The van der Waals surface area contributed by atoms with Crippen molar-refractivity contribution < 1.29 is 22.7 Å². The van der Waals surface area contributed by atoms with E-state index in [1.165, 1.54) is 12.1 Å². The van der Waals surface area contributed by atoms with Gasteiger partial charge < -0.3 is 13.9 Å². The molecule has 0 atom stereocenters. The van der Waals surface area contributed by atoms with E-state index in [0.717, 1.165) is 0 Å². The van der Waals surface area contributed by atoms with E-state index in [2.05, 4.69) is 14.9 Å². The molecule has 2 rings (SSSR count). The van der Waals surface area contributed by atoms with Crippen molar-refractivity contribution in [2.24, 2.45) is 0 Å². The van der Waals surface area contributed by atoms with Gasteiger partial charge in [-0.2, -0.15) is 8.78 Å². The summed E-state index contributed by atoms with van der Waals surface area (Å²) in [6.45, 7) is 0.825. The minimum absolute atomic E-state index is 0.0307. The molecule has 0 saturated carbocycles. The number of hydrogen-bond acceptors (Lipinski definition) is 5. The molecule has 0 saturated heterocycles. The highest BCUT2D eigenvalue weighted by atomic mass is 19.3. The number of ether oxygens (including phenoxy) is 2. The minimum atomic E-state index is -2.91. The lowest BCUT2D eigenvalue weighted by Gasteiger charge is -2.11. The molecule has 1 aromatic carbocycles. The van der Waals surface area contributed by atoms with E-state index in [9.17, 15) is 8.78 Å². The summed E-state index contributed by atoms with van der Waals surface area (Å²) in [5.41, 5.74) is 0.575. The Balaban J connectivity index is 2.35. The summed E-state index contributed by atoms with van der Waals surface area (Å²) < 4.78 is 39.4. The molecule has 0 aliphatic carbocycles. The van der Waals surface area contributed by atoms with Crippen molar-refractivity contribution in [1.82, 2.24) is 10.2 Å². The van der Waals surface area contributed by atoms with E-state index in [1.54, 1.807) is 19.9 Å². The fourth-order valence-corrected chi connectivity index (χ4v) is 1.52. The Labute approximate surface area is 108 Å². The SMILES string of the molecule is CCOc1cc(-c2nnc(C)o2)ccc1OC(F)F. The molecule has 2 aromatic rings. The first kappa shape index (κ1) is 13.3. The summed E-state index contributed by atoms with van der Waals surface area (Å²) >= 11 is 0. The van der Waals surface area contributed by atoms with Crippen LogP contribution in [0.4, 0.5) is 8.78 Å². The Bertz CT molecular complexity index is 558. The topological polar surface area (TPSA) is 57.4 Å². The van der Waals surface area contributed by atoms with Gasteiger partial charge in [-0.1, -0.05) is 0 Å². The zero-order valence-electron chi connectivity index (χ0n) is 10.4. The zero-order chi connectivity index (χ0) is 13.8. The second kappa shape index (κ2) is 5.64. The Morgan fingerprint density at radius 3 is 2.63 bits per heavy atom. The Morgan fingerprint density at radius 2 is 2.05 bits per heavy atom. The van der Waals surface area contributed by atoms with Crippen molar-refractivity contribution in [3.05, 3.63) is 24.1 Å². The van der Waals surface area contributed by atoms with Crippen molar-refractivity contribution in [3.8, 4) is 23.0 Å². The van der Waals surface area contributed by atoms with Crippen molar-refractivity contribution in [2.45, 2.75) is 20.5 Å². The molecule has 5 nitrogen and oxygen atoms in total.